The molecule has 1 fully saturated rings. The molecule has 2 heterocycles. The lowest BCUT2D eigenvalue weighted by Gasteiger charge is -2.31. The zero-order chi connectivity index (χ0) is 15.1. The molecule has 0 bridgehead atoms. The quantitative estimate of drug-likeness (QED) is 0.945. The van der Waals surface area contributed by atoms with Gasteiger partial charge < -0.3 is 9.51 Å². The number of aliphatic hydroxyl groups is 1. The molecule has 2 aliphatic rings. The first kappa shape index (κ1) is 14.0. The number of rotatable bonds is 3. The van der Waals surface area contributed by atoms with Gasteiger partial charge >= 0.3 is 0 Å². The molecule has 2 aromatic rings. The first-order chi connectivity index (χ1) is 10.8. The summed E-state index contributed by atoms with van der Waals surface area (Å²) in [6, 6.07) is 0. The molecule has 2 atom stereocenters. The molecule has 2 unspecified atom stereocenters. The third kappa shape index (κ3) is 2.11. The number of imidazole rings is 1. The fourth-order valence-electron chi connectivity index (χ4n) is 4.41. The Morgan fingerprint density at radius 3 is 2.91 bits per heavy atom. The van der Waals surface area contributed by atoms with Gasteiger partial charge in [-0.15, -0.1) is 0 Å². The van der Waals surface area contributed by atoms with E-state index < -0.39 is 0 Å². The number of hydrogen-bond donors (Lipinski definition) is 1. The molecule has 0 amide bonds. The normalized spacial score (nSPS) is 21.5. The van der Waals surface area contributed by atoms with Gasteiger partial charge in [0, 0.05) is 16.8 Å². The van der Waals surface area contributed by atoms with E-state index >= 15 is 0 Å². The van der Waals surface area contributed by atoms with Crippen LogP contribution in [0.2, 0.25) is 0 Å². The molecule has 0 spiro atoms. The fraction of sp³-hybridized carbons (Fsp3) is 0.526. The Kier molecular flexibility index (Phi) is 3.53. The van der Waals surface area contributed by atoms with Crippen LogP contribution in [0.3, 0.4) is 0 Å². The summed E-state index contributed by atoms with van der Waals surface area (Å²) in [6.07, 6.45) is 17.3. The minimum atomic E-state index is -0.247. The number of aliphatic hydroxyl groups excluding tert-OH is 1. The molecule has 22 heavy (non-hydrogen) atoms. The van der Waals surface area contributed by atoms with Crippen molar-refractivity contribution in [2.75, 3.05) is 0 Å². The highest BCUT2D eigenvalue weighted by molar-refractivity contribution is 5.63. The predicted molar refractivity (Wildman–Crippen MR) is 88.7 cm³/mol. The van der Waals surface area contributed by atoms with E-state index in [0.29, 0.717) is 5.92 Å². The Labute approximate surface area is 131 Å². The molecule has 1 N–H and O–H groups in total. The van der Waals surface area contributed by atoms with Crippen LogP contribution in [0.15, 0.2) is 24.7 Å². The summed E-state index contributed by atoms with van der Waals surface area (Å²) in [4.78, 5) is 4.32. The molecule has 0 radical (unpaired) electrons. The van der Waals surface area contributed by atoms with Crippen molar-refractivity contribution in [2.24, 2.45) is 5.92 Å². The first-order valence-corrected chi connectivity index (χ1v) is 8.59. The van der Waals surface area contributed by atoms with Crippen molar-refractivity contribution in [3.05, 3.63) is 41.2 Å². The lowest BCUT2D eigenvalue weighted by atomic mass is 9.79. The van der Waals surface area contributed by atoms with E-state index in [4.69, 9.17) is 0 Å². The highest BCUT2D eigenvalue weighted by atomic mass is 16.3. The third-order valence-electron chi connectivity index (χ3n) is 5.61. The van der Waals surface area contributed by atoms with Crippen LogP contribution in [0, 0.1) is 5.92 Å². The molecule has 2 aromatic heterocycles. The van der Waals surface area contributed by atoms with Crippen molar-refractivity contribution in [3.8, 4) is 0 Å². The average Bonchev–Trinajstić information content (AvgIpc) is 3.15. The zero-order valence-electron chi connectivity index (χ0n) is 13.2. The lowest BCUT2D eigenvalue weighted by Crippen LogP contribution is -2.29. The maximum absolute atomic E-state index is 11.0. The van der Waals surface area contributed by atoms with Crippen LogP contribution in [-0.2, 0) is 6.42 Å². The van der Waals surface area contributed by atoms with E-state index in [0.717, 1.165) is 6.42 Å². The highest BCUT2D eigenvalue weighted by Crippen LogP contribution is 2.35. The summed E-state index contributed by atoms with van der Waals surface area (Å²) in [5.74, 6) is 0.611. The van der Waals surface area contributed by atoms with Crippen LogP contribution in [0.4, 0.5) is 0 Å². The van der Waals surface area contributed by atoms with Gasteiger partial charge in [0.15, 0.2) is 0 Å². The molecule has 2 aliphatic carbocycles. The van der Waals surface area contributed by atoms with Gasteiger partial charge in [0.1, 0.15) is 0 Å². The van der Waals surface area contributed by atoms with Gasteiger partial charge in [0.25, 0.3) is 0 Å². The van der Waals surface area contributed by atoms with Crippen molar-refractivity contribution < 1.29 is 5.11 Å². The zero-order valence-corrected chi connectivity index (χ0v) is 13.2. The molecule has 0 aliphatic heterocycles. The molecule has 0 aromatic carbocycles. The van der Waals surface area contributed by atoms with Gasteiger partial charge in [-0.1, -0.05) is 44.4 Å². The van der Waals surface area contributed by atoms with Gasteiger partial charge in [-0.3, -0.25) is 0 Å². The maximum atomic E-state index is 11.0. The van der Waals surface area contributed by atoms with E-state index in [1.807, 2.05) is 12.5 Å². The van der Waals surface area contributed by atoms with Gasteiger partial charge in [-0.2, -0.15) is 0 Å². The molecular formula is C19H24N2O. The van der Waals surface area contributed by atoms with Crippen LogP contribution in [0.25, 0.3) is 11.6 Å². The number of fused-ring (bicyclic) bond motifs is 3. The highest BCUT2D eigenvalue weighted by Gasteiger charge is 2.31. The first-order valence-electron chi connectivity index (χ1n) is 8.59. The smallest absolute Gasteiger partial charge is 0.0994 e. The van der Waals surface area contributed by atoms with Crippen molar-refractivity contribution in [1.29, 1.82) is 0 Å². The third-order valence-corrected chi connectivity index (χ3v) is 5.61. The standard InChI is InChI=1S/C19H24N2O/c1-13(19(22)14-7-3-2-4-8-14)18-16-10-6-5-9-15(16)17-11-20-12-21(17)18/h5-6,9,11-14,19,22H,2-4,7-8,10H2,1H3. The number of aromatic nitrogens is 2. The van der Waals surface area contributed by atoms with Gasteiger partial charge in [-0.05, 0) is 30.7 Å². The Morgan fingerprint density at radius 2 is 2.09 bits per heavy atom. The summed E-state index contributed by atoms with van der Waals surface area (Å²) in [5, 5.41) is 12.2. The van der Waals surface area contributed by atoms with Crippen LogP contribution in [-0.4, -0.2) is 20.6 Å². The summed E-state index contributed by atoms with van der Waals surface area (Å²) in [6.45, 7) is 2.19. The van der Waals surface area contributed by atoms with Crippen LogP contribution >= 0.6 is 0 Å². The molecular weight excluding hydrogens is 272 g/mol. The minimum absolute atomic E-state index is 0.156. The molecule has 0 saturated heterocycles. The summed E-state index contributed by atoms with van der Waals surface area (Å²) in [7, 11) is 0. The molecule has 4 rings (SSSR count). The molecule has 116 valence electrons. The van der Waals surface area contributed by atoms with Crippen LogP contribution in [0.1, 0.15) is 56.2 Å². The molecule has 1 saturated carbocycles. The summed E-state index contributed by atoms with van der Waals surface area (Å²) >= 11 is 0. The summed E-state index contributed by atoms with van der Waals surface area (Å²) < 4.78 is 2.20. The number of hydrogen-bond acceptors (Lipinski definition) is 2. The molecule has 3 nitrogen and oxygen atoms in total. The maximum Gasteiger partial charge on any atom is 0.0994 e. The van der Waals surface area contributed by atoms with E-state index in [-0.39, 0.29) is 12.0 Å². The fourth-order valence-corrected chi connectivity index (χ4v) is 4.41. The lowest BCUT2D eigenvalue weighted by molar-refractivity contribution is 0.0636. The minimum Gasteiger partial charge on any atom is -0.392 e. The second-order valence-corrected chi connectivity index (χ2v) is 6.90. The van der Waals surface area contributed by atoms with Gasteiger partial charge in [0.05, 0.1) is 24.1 Å². The SMILES string of the molecule is CC(c1c2c(c3cncn13)=CC=CC2)C(O)C1CCCCC1. The van der Waals surface area contributed by atoms with Crippen molar-refractivity contribution in [1.82, 2.24) is 9.38 Å². The second-order valence-electron chi connectivity index (χ2n) is 6.90. The van der Waals surface area contributed by atoms with Gasteiger partial charge in [0.2, 0.25) is 0 Å². The molecule has 3 heteroatoms. The predicted octanol–water partition coefficient (Wildman–Crippen LogP) is 2.99. The van der Waals surface area contributed by atoms with Crippen LogP contribution < -0.4 is 5.22 Å². The van der Waals surface area contributed by atoms with E-state index in [1.165, 1.54) is 54.1 Å². The number of allylic oxidation sites excluding steroid dienone is 2. The average molecular weight is 296 g/mol. The monoisotopic (exact) mass is 296 g/mol. The Bertz CT molecular complexity index is 752. The summed E-state index contributed by atoms with van der Waals surface area (Å²) in [5.41, 5.74) is 3.82. The topological polar surface area (TPSA) is 37.5 Å². The Hall–Kier alpha value is -1.61. The number of nitrogens with zero attached hydrogens (tertiary/aromatic N) is 2. The van der Waals surface area contributed by atoms with E-state index in [2.05, 4.69) is 34.5 Å². The van der Waals surface area contributed by atoms with Gasteiger partial charge in [-0.25, -0.2) is 4.98 Å². The van der Waals surface area contributed by atoms with Crippen molar-refractivity contribution >= 4 is 11.6 Å². The Morgan fingerprint density at radius 1 is 1.27 bits per heavy atom. The van der Waals surface area contributed by atoms with Crippen molar-refractivity contribution in [3.63, 3.8) is 0 Å². The van der Waals surface area contributed by atoms with Crippen LogP contribution in [0.5, 0.6) is 0 Å². The van der Waals surface area contributed by atoms with E-state index in [9.17, 15) is 5.11 Å². The van der Waals surface area contributed by atoms with E-state index in [1.54, 1.807) is 0 Å². The van der Waals surface area contributed by atoms with Crippen molar-refractivity contribution in [2.45, 2.75) is 57.5 Å². The second kappa shape index (κ2) is 5.54. The Balaban J connectivity index is 1.76. The largest absolute Gasteiger partial charge is 0.392 e.